The standard InChI is InChI=1S/C54H38N2SSi/c1-3-19-39(20-4-1)58(40-21-5-2-6-22-40,41-23-15-17-37(35-41)55-47-29-11-7-25-43(47)44-26-8-12-30-48(44)55)42-24-16-18-38(36-42)56-49-31-13-9-27-45(49)53-50(56)33-34-52-54(53)46-28-10-14-32-51(46)57-52/h1-12,14-30,32-36H,13,31H2. The molecule has 0 amide bonds. The lowest BCUT2D eigenvalue weighted by molar-refractivity contribution is 0.889. The number of allylic oxidation sites excluding steroid dienone is 1. The van der Waals surface area contributed by atoms with Gasteiger partial charge in [0.2, 0.25) is 0 Å². The van der Waals surface area contributed by atoms with Crippen molar-refractivity contribution in [3.63, 3.8) is 0 Å². The molecule has 274 valence electrons. The van der Waals surface area contributed by atoms with Crippen LogP contribution in [-0.4, -0.2) is 17.2 Å². The van der Waals surface area contributed by atoms with E-state index in [1.807, 2.05) is 11.3 Å². The first-order valence-electron chi connectivity index (χ1n) is 20.2. The molecule has 0 radical (unpaired) electrons. The molecule has 0 aliphatic heterocycles. The van der Waals surface area contributed by atoms with Gasteiger partial charge in [0.05, 0.1) is 16.6 Å². The van der Waals surface area contributed by atoms with Crippen molar-refractivity contribution in [1.82, 2.24) is 9.13 Å². The van der Waals surface area contributed by atoms with Gasteiger partial charge in [0.25, 0.3) is 0 Å². The molecule has 4 heteroatoms. The Morgan fingerprint density at radius 1 is 0.414 bits per heavy atom. The Labute approximate surface area is 342 Å². The van der Waals surface area contributed by atoms with Crippen LogP contribution in [0.4, 0.5) is 0 Å². The smallest absolute Gasteiger partial charge is 0.179 e. The second kappa shape index (κ2) is 13.2. The Kier molecular flexibility index (Phi) is 7.59. The van der Waals surface area contributed by atoms with Crippen LogP contribution < -0.4 is 20.7 Å². The van der Waals surface area contributed by atoms with Gasteiger partial charge < -0.3 is 9.13 Å². The minimum atomic E-state index is -2.93. The van der Waals surface area contributed by atoms with E-state index in [0.717, 1.165) is 12.8 Å². The Morgan fingerprint density at radius 3 is 1.62 bits per heavy atom. The summed E-state index contributed by atoms with van der Waals surface area (Å²) in [6, 6.07) is 73.0. The predicted octanol–water partition coefficient (Wildman–Crippen LogP) is 11.4. The fourth-order valence-electron chi connectivity index (χ4n) is 10.2. The first kappa shape index (κ1) is 33.4. The average molecular weight is 775 g/mol. The summed E-state index contributed by atoms with van der Waals surface area (Å²) >= 11 is 1.90. The largest absolute Gasteiger partial charge is 0.313 e. The van der Waals surface area contributed by atoms with Crippen LogP contribution >= 0.6 is 11.3 Å². The number of rotatable bonds is 6. The van der Waals surface area contributed by atoms with Crippen LogP contribution in [0, 0.1) is 0 Å². The zero-order valence-corrected chi connectivity index (χ0v) is 33.7. The van der Waals surface area contributed by atoms with E-state index in [0.29, 0.717) is 0 Å². The van der Waals surface area contributed by atoms with E-state index in [1.165, 1.54) is 96.3 Å². The highest BCUT2D eigenvalue weighted by atomic mass is 32.1. The van der Waals surface area contributed by atoms with Crippen molar-refractivity contribution < 1.29 is 0 Å². The molecular weight excluding hydrogens is 737 g/mol. The SMILES string of the molecule is C1=Cc2c(n(-c3cccc([Si](c4ccccc4)(c4ccccc4)c4cccc(-n5c6ccccc6c6ccccc65)c4)c3)c3ccc4sc5ccccc5c4c23)CC1. The second-order valence-electron chi connectivity index (χ2n) is 15.5. The molecule has 1 aliphatic rings. The second-order valence-corrected chi connectivity index (χ2v) is 20.4. The third-order valence-electron chi connectivity index (χ3n) is 12.5. The maximum Gasteiger partial charge on any atom is 0.179 e. The van der Waals surface area contributed by atoms with Gasteiger partial charge in [0.15, 0.2) is 8.07 Å². The lowest BCUT2D eigenvalue weighted by atomic mass is 9.99. The number of aromatic nitrogens is 2. The highest BCUT2D eigenvalue weighted by Crippen LogP contribution is 2.44. The van der Waals surface area contributed by atoms with E-state index in [9.17, 15) is 0 Å². The number of hydrogen-bond acceptors (Lipinski definition) is 1. The van der Waals surface area contributed by atoms with Crippen molar-refractivity contribution >= 4 is 99.1 Å². The first-order valence-corrected chi connectivity index (χ1v) is 23.1. The summed E-state index contributed by atoms with van der Waals surface area (Å²) in [5, 5.41) is 12.1. The van der Waals surface area contributed by atoms with E-state index in [2.05, 4.69) is 215 Å². The number of thiophene rings is 1. The molecule has 0 spiro atoms. The molecule has 2 nitrogen and oxygen atoms in total. The van der Waals surface area contributed by atoms with Crippen molar-refractivity contribution in [3.05, 3.63) is 211 Å². The number of hydrogen-bond donors (Lipinski definition) is 0. The van der Waals surface area contributed by atoms with Gasteiger partial charge in [-0.3, -0.25) is 0 Å². The fraction of sp³-hybridized carbons (Fsp3) is 0.0370. The van der Waals surface area contributed by atoms with Gasteiger partial charge in [0, 0.05) is 59.0 Å². The van der Waals surface area contributed by atoms with Crippen LogP contribution in [0.15, 0.2) is 200 Å². The number of fused-ring (bicyclic) bond motifs is 10. The summed E-state index contributed by atoms with van der Waals surface area (Å²) in [7, 11) is -2.93. The topological polar surface area (TPSA) is 9.86 Å². The normalized spacial score (nSPS) is 13.0. The van der Waals surface area contributed by atoms with Gasteiger partial charge in [-0.2, -0.15) is 0 Å². The molecule has 12 rings (SSSR count). The summed E-state index contributed by atoms with van der Waals surface area (Å²) in [5.41, 5.74) is 8.90. The van der Waals surface area contributed by atoms with Crippen LogP contribution in [-0.2, 0) is 6.42 Å². The number of benzene rings is 8. The van der Waals surface area contributed by atoms with E-state index in [4.69, 9.17) is 0 Å². The molecule has 0 N–H and O–H groups in total. The van der Waals surface area contributed by atoms with Gasteiger partial charge in [-0.15, -0.1) is 11.3 Å². The summed E-state index contributed by atoms with van der Waals surface area (Å²) < 4.78 is 7.75. The number of nitrogens with zero attached hydrogens (tertiary/aromatic N) is 2. The van der Waals surface area contributed by atoms with Crippen LogP contribution in [0.1, 0.15) is 17.7 Å². The van der Waals surface area contributed by atoms with E-state index in [-0.39, 0.29) is 0 Å². The van der Waals surface area contributed by atoms with Crippen LogP contribution in [0.25, 0.3) is 70.3 Å². The Balaban J connectivity index is 1.15. The Morgan fingerprint density at radius 2 is 0.966 bits per heavy atom. The fourth-order valence-corrected chi connectivity index (χ4v) is 16.1. The third kappa shape index (κ3) is 4.83. The predicted molar refractivity (Wildman–Crippen MR) is 251 cm³/mol. The minimum Gasteiger partial charge on any atom is -0.313 e. The minimum absolute atomic E-state index is 1.01. The zero-order chi connectivity index (χ0) is 38.2. The summed E-state index contributed by atoms with van der Waals surface area (Å²) in [6.45, 7) is 0. The third-order valence-corrected chi connectivity index (χ3v) is 18.4. The molecule has 0 fully saturated rings. The molecule has 0 atom stereocenters. The Bertz CT molecular complexity index is 3310. The maximum atomic E-state index is 2.59. The highest BCUT2D eigenvalue weighted by Gasteiger charge is 2.42. The average Bonchev–Trinajstić information content (AvgIpc) is 3.95. The molecular formula is C54H38N2SSi. The molecule has 3 aromatic heterocycles. The van der Waals surface area contributed by atoms with Gasteiger partial charge in [-0.1, -0.05) is 152 Å². The quantitative estimate of drug-likeness (QED) is 0.118. The summed E-state index contributed by atoms with van der Waals surface area (Å²) in [6.07, 6.45) is 6.80. The first-order chi connectivity index (χ1) is 28.8. The molecule has 58 heavy (non-hydrogen) atoms. The van der Waals surface area contributed by atoms with Gasteiger partial charge in [-0.25, -0.2) is 0 Å². The van der Waals surface area contributed by atoms with Gasteiger partial charge >= 0.3 is 0 Å². The highest BCUT2D eigenvalue weighted by molar-refractivity contribution is 7.26. The van der Waals surface area contributed by atoms with E-state index >= 15 is 0 Å². The Hall–Kier alpha value is -6.72. The maximum absolute atomic E-state index is 2.93. The zero-order valence-electron chi connectivity index (χ0n) is 31.8. The summed E-state index contributed by atoms with van der Waals surface area (Å²) in [4.78, 5) is 0. The molecule has 0 unspecified atom stereocenters. The lowest BCUT2D eigenvalue weighted by Gasteiger charge is -2.35. The molecule has 11 aromatic rings. The molecule has 0 saturated heterocycles. The lowest BCUT2D eigenvalue weighted by Crippen LogP contribution is -2.74. The van der Waals surface area contributed by atoms with Crippen LogP contribution in [0.2, 0.25) is 0 Å². The van der Waals surface area contributed by atoms with Crippen molar-refractivity contribution in [2.24, 2.45) is 0 Å². The molecule has 1 aliphatic carbocycles. The van der Waals surface area contributed by atoms with Gasteiger partial charge in [0.1, 0.15) is 0 Å². The monoisotopic (exact) mass is 774 g/mol. The molecule has 8 aromatic carbocycles. The van der Waals surface area contributed by atoms with E-state index < -0.39 is 8.07 Å². The molecule has 3 heterocycles. The molecule has 0 saturated carbocycles. The molecule has 0 bridgehead atoms. The summed E-state index contributed by atoms with van der Waals surface area (Å²) in [5.74, 6) is 0. The van der Waals surface area contributed by atoms with Crippen molar-refractivity contribution in [3.8, 4) is 11.4 Å². The van der Waals surface area contributed by atoms with Crippen molar-refractivity contribution in [1.29, 1.82) is 0 Å². The van der Waals surface area contributed by atoms with E-state index in [1.54, 1.807) is 0 Å². The van der Waals surface area contributed by atoms with Gasteiger partial charge in [-0.05, 0) is 88.2 Å². The number of para-hydroxylation sites is 2. The van der Waals surface area contributed by atoms with Crippen molar-refractivity contribution in [2.75, 3.05) is 0 Å². The van der Waals surface area contributed by atoms with Crippen molar-refractivity contribution in [2.45, 2.75) is 12.8 Å². The van der Waals surface area contributed by atoms with Crippen LogP contribution in [0.5, 0.6) is 0 Å². The van der Waals surface area contributed by atoms with Crippen LogP contribution in [0.3, 0.4) is 0 Å².